The van der Waals surface area contributed by atoms with Crippen molar-refractivity contribution >= 4 is 38.9 Å². The maximum atomic E-state index is 13.2. The van der Waals surface area contributed by atoms with E-state index in [1.165, 1.54) is 6.07 Å². The predicted molar refractivity (Wildman–Crippen MR) is 142 cm³/mol. The topological polar surface area (TPSA) is 90.0 Å². The molecule has 0 amide bonds. The molecule has 2 unspecified atom stereocenters. The van der Waals surface area contributed by atoms with E-state index >= 15 is 0 Å². The summed E-state index contributed by atoms with van der Waals surface area (Å²) < 4.78 is 29.1. The smallest absolute Gasteiger partial charge is 0.325 e. The van der Waals surface area contributed by atoms with Crippen molar-refractivity contribution in [2.75, 3.05) is 33.2 Å². The van der Waals surface area contributed by atoms with Crippen LogP contribution in [0.25, 0.3) is 10.4 Å². The number of carboxylic acid groups (broad SMARTS) is 1. The van der Waals surface area contributed by atoms with Crippen LogP contribution in [0.3, 0.4) is 0 Å². The Bertz CT molecular complexity index is 1370. The third kappa shape index (κ3) is 5.22. The molecular weight excluding hydrogens is 518 g/mol. The van der Waals surface area contributed by atoms with Crippen molar-refractivity contribution in [3.63, 3.8) is 0 Å². The van der Waals surface area contributed by atoms with Crippen molar-refractivity contribution in [1.82, 2.24) is 14.5 Å². The molecule has 5 rings (SSSR count). The van der Waals surface area contributed by atoms with Gasteiger partial charge in [0.05, 0.1) is 0 Å². The Morgan fingerprint density at radius 2 is 1.83 bits per heavy atom. The number of benzene rings is 2. The lowest BCUT2D eigenvalue weighted by atomic mass is 10.0. The maximum Gasteiger partial charge on any atom is 0.325 e. The van der Waals surface area contributed by atoms with Crippen molar-refractivity contribution < 1.29 is 18.3 Å². The van der Waals surface area contributed by atoms with Gasteiger partial charge in [-0.3, -0.25) is 9.69 Å². The molecule has 2 heterocycles. The van der Waals surface area contributed by atoms with E-state index in [1.807, 2.05) is 36.4 Å². The van der Waals surface area contributed by atoms with Crippen molar-refractivity contribution in [2.45, 2.75) is 28.6 Å². The summed E-state index contributed by atoms with van der Waals surface area (Å²) in [7, 11) is -1.91. The minimum atomic E-state index is -4.03. The highest BCUT2D eigenvalue weighted by Gasteiger charge is 2.63. The molecule has 1 aliphatic heterocycles. The number of thiophene rings is 1. The lowest BCUT2D eigenvalue weighted by Crippen LogP contribution is -2.44. The fourth-order valence-corrected chi connectivity index (χ4v) is 7.60. The van der Waals surface area contributed by atoms with Gasteiger partial charge in [0.25, 0.3) is 10.0 Å². The minimum absolute atomic E-state index is 0.0857. The van der Waals surface area contributed by atoms with Crippen LogP contribution >= 0.6 is 22.9 Å². The monoisotopic (exact) mass is 545 g/mol. The number of carbonyl (C=O) groups is 1. The minimum Gasteiger partial charge on any atom is -0.480 e. The summed E-state index contributed by atoms with van der Waals surface area (Å²) in [6.07, 6.45) is 0.217. The van der Waals surface area contributed by atoms with Crippen LogP contribution in [-0.4, -0.2) is 68.1 Å². The van der Waals surface area contributed by atoms with Gasteiger partial charge in [-0.05, 0) is 54.4 Å². The molecule has 2 N–H and O–H groups in total. The lowest BCUT2D eigenvalue weighted by Gasteiger charge is -2.32. The first-order chi connectivity index (χ1) is 17.2. The number of hydrogen-bond donors (Lipinski definition) is 2. The summed E-state index contributed by atoms with van der Waals surface area (Å²) in [5.41, 5.74) is 1.26. The first kappa shape index (κ1) is 25.4. The van der Waals surface area contributed by atoms with Crippen LogP contribution in [0, 0.1) is 0 Å². The van der Waals surface area contributed by atoms with Crippen molar-refractivity contribution in [1.29, 1.82) is 0 Å². The molecule has 0 bridgehead atoms. The number of nitrogens with zero attached hydrogens (tertiary/aromatic N) is 2. The molecule has 0 radical (unpaired) electrons. The molecule has 2 aliphatic rings. The normalized spacial score (nSPS) is 23.0. The Kier molecular flexibility index (Phi) is 6.97. The summed E-state index contributed by atoms with van der Waals surface area (Å²) >= 11 is 7.05. The van der Waals surface area contributed by atoms with E-state index in [9.17, 15) is 18.3 Å². The molecule has 2 fully saturated rings. The number of halogens is 1. The van der Waals surface area contributed by atoms with E-state index in [1.54, 1.807) is 18.2 Å². The Balaban J connectivity index is 1.32. The number of hydrogen-bond acceptors (Lipinski definition) is 6. The molecule has 1 aliphatic carbocycles. The molecule has 2 aromatic carbocycles. The third-order valence-corrected chi connectivity index (χ3v) is 10.4. The van der Waals surface area contributed by atoms with Gasteiger partial charge in [0.15, 0.2) is 0 Å². The van der Waals surface area contributed by atoms with E-state index in [-0.39, 0.29) is 10.6 Å². The van der Waals surface area contributed by atoms with Crippen LogP contribution in [0.4, 0.5) is 0 Å². The number of piperazine rings is 1. The second-order valence-corrected chi connectivity index (χ2v) is 13.0. The van der Waals surface area contributed by atoms with Crippen LogP contribution in [0.1, 0.15) is 23.5 Å². The highest BCUT2D eigenvalue weighted by Crippen LogP contribution is 2.53. The van der Waals surface area contributed by atoms with Gasteiger partial charge in [-0.15, -0.1) is 11.3 Å². The highest BCUT2D eigenvalue weighted by atomic mass is 35.5. The van der Waals surface area contributed by atoms with Gasteiger partial charge < -0.3 is 10.0 Å². The molecule has 2 atom stereocenters. The first-order valence-corrected chi connectivity index (χ1v) is 14.5. The summed E-state index contributed by atoms with van der Waals surface area (Å²) in [6, 6.07) is 18.3. The maximum absolute atomic E-state index is 13.2. The number of rotatable bonds is 8. The summed E-state index contributed by atoms with van der Waals surface area (Å²) in [5.74, 6) is -1.58. The Hall–Kier alpha value is -2.27. The summed E-state index contributed by atoms with van der Waals surface area (Å²) in [4.78, 5) is 17.8. The molecular formula is C26H28ClN3O4S2. The average Bonchev–Trinajstić information content (AvgIpc) is 3.34. The molecule has 1 aromatic heterocycles. The second-order valence-electron chi connectivity index (χ2n) is 9.59. The van der Waals surface area contributed by atoms with Crippen molar-refractivity contribution in [3.05, 3.63) is 76.8 Å². The first-order valence-electron chi connectivity index (χ1n) is 11.8. The lowest BCUT2D eigenvalue weighted by molar-refractivity contribution is -0.140. The Morgan fingerprint density at radius 3 is 2.53 bits per heavy atom. The van der Waals surface area contributed by atoms with Crippen molar-refractivity contribution in [3.8, 4) is 10.4 Å². The predicted octanol–water partition coefficient (Wildman–Crippen LogP) is 4.11. The Morgan fingerprint density at radius 1 is 1.11 bits per heavy atom. The number of aliphatic carboxylic acids is 1. The molecule has 36 heavy (non-hydrogen) atoms. The second kappa shape index (κ2) is 9.89. The van der Waals surface area contributed by atoms with Gasteiger partial charge in [0.1, 0.15) is 9.75 Å². The molecule has 10 heteroatoms. The van der Waals surface area contributed by atoms with Gasteiger partial charge in [-0.2, -0.15) is 4.72 Å². The van der Waals surface area contributed by atoms with E-state index < -0.39 is 27.4 Å². The molecule has 1 saturated heterocycles. The van der Waals surface area contributed by atoms with E-state index in [2.05, 4.69) is 21.6 Å². The quantitative estimate of drug-likeness (QED) is 0.443. The van der Waals surface area contributed by atoms with Crippen LogP contribution in [0.15, 0.2) is 64.9 Å². The zero-order valence-electron chi connectivity index (χ0n) is 19.9. The number of sulfonamides is 1. The van der Waals surface area contributed by atoms with E-state index in [4.69, 9.17) is 11.6 Å². The number of nitrogens with one attached hydrogen (secondary N) is 1. The molecule has 7 nitrogen and oxygen atoms in total. The molecule has 0 spiro atoms. The van der Waals surface area contributed by atoms with Crippen LogP contribution in [-0.2, 0) is 21.4 Å². The Labute approximate surface area is 220 Å². The SMILES string of the molecule is CN1CCN(Cc2cccc(C3CC3(NS(=O)(=O)c3ccc(-c4ccc(Cl)cc4)s3)C(=O)O)c2)CC1. The van der Waals surface area contributed by atoms with Gasteiger partial charge in [0, 0.05) is 48.5 Å². The summed E-state index contributed by atoms with van der Waals surface area (Å²) in [5, 5.41) is 10.7. The van der Waals surface area contributed by atoms with Crippen LogP contribution in [0.2, 0.25) is 5.02 Å². The molecule has 190 valence electrons. The third-order valence-electron chi connectivity index (χ3n) is 6.99. The zero-order chi connectivity index (χ0) is 25.5. The van der Waals surface area contributed by atoms with Gasteiger partial charge in [0.2, 0.25) is 0 Å². The largest absolute Gasteiger partial charge is 0.480 e. The van der Waals surface area contributed by atoms with E-state index in [0.29, 0.717) is 5.02 Å². The number of likely N-dealkylation sites (N-methyl/N-ethyl adjacent to an activating group) is 1. The van der Waals surface area contributed by atoms with Gasteiger partial charge in [-0.25, -0.2) is 8.42 Å². The molecule has 1 saturated carbocycles. The van der Waals surface area contributed by atoms with Crippen LogP contribution in [0.5, 0.6) is 0 Å². The fraction of sp³-hybridized carbons (Fsp3) is 0.346. The average molecular weight is 546 g/mol. The summed E-state index contributed by atoms with van der Waals surface area (Å²) in [6.45, 7) is 4.82. The van der Waals surface area contributed by atoms with Crippen molar-refractivity contribution in [2.24, 2.45) is 0 Å². The highest BCUT2D eigenvalue weighted by molar-refractivity contribution is 7.91. The fourth-order valence-electron chi connectivity index (χ4n) is 4.75. The van der Waals surface area contributed by atoms with E-state index in [0.717, 1.165) is 65.6 Å². The van der Waals surface area contributed by atoms with Gasteiger partial charge >= 0.3 is 5.97 Å². The zero-order valence-corrected chi connectivity index (χ0v) is 22.2. The van der Waals surface area contributed by atoms with Gasteiger partial charge in [-0.1, -0.05) is 48.0 Å². The number of carboxylic acids is 1. The standard InChI is InChI=1S/C26H28ClN3O4S2/c1-29-11-13-30(14-12-29)17-18-3-2-4-20(15-18)22-16-26(22,25(31)32)28-36(33,34)24-10-9-23(35-24)19-5-7-21(27)8-6-19/h2-10,15,22,28H,11-14,16-17H2,1H3,(H,31,32). The molecule has 3 aromatic rings. The van der Waals surface area contributed by atoms with Crippen LogP contribution < -0.4 is 4.72 Å².